The molecule has 5 heteroatoms. The lowest BCUT2D eigenvalue weighted by Crippen LogP contribution is -2.05. The van der Waals surface area contributed by atoms with Crippen molar-refractivity contribution in [1.29, 1.82) is 0 Å². The van der Waals surface area contributed by atoms with Crippen LogP contribution in [0.3, 0.4) is 0 Å². The third kappa shape index (κ3) is 3.12. The molecule has 0 N–H and O–H groups in total. The number of thiophene rings is 1. The van der Waals surface area contributed by atoms with Gasteiger partial charge in [0.15, 0.2) is 0 Å². The highest BCUT2D eigenvalue weighted by molar-refractivity contribution is 7.12. The van der Waals surface area contributed by atoms with Gasteiger partial charge in [0.25, 0.3) is 0 Å². The summed E-state index contributed by atoms with van der Waals surface area (Å²) in [6.45, 7) is 3.87. The van der Waals surface area contributed by atoms with Gasteiger partial charge < -0.3 is 0 Å². The van der Waals surface area contributed by atoms with Gasteiger partial charge in [-0.3, -0.25) is 0 Å². The second kappa shape index (κ2) is 5.17. The van der Waals surface area contributed by atoms with Crippen molar-refractivity contribution in [1.82, 2.24) is 0 Å². The molecule has 0 bridgehead atoms. The molecule has 2 rings (SSSR count). The van der Waals surface area contributed by atoms with E-state index in [2.05, 4.69) is 0 Å². The first-order valence-corrected chi connectivity index (χ1v) is 6.92. The molecule has 1 heterocycles. The Morgan fingerprint density at radius 3 is 2.37 bits per heavy atom. The first-order valence-electron chi connectivity index (χ1n) is 5.67. The third-order valence-corrected chi connectivity index (χ3v) is 4.63. The molecule has 0 aliphatic carbocycles. The summed E-state index contributed by atoms with van der Waals surface area (Å²) in [5.74, 6) is 0. The molecule has 1 atom stereocenters. The van der Waals surface area contributed by atoms with Crippen LogP contribution in [0.25, 0.3) is 0 Å². The summed E-state index contributed by atoms with van der Waals surface area (Å²) in [7, 11) is 0. The minimum Gasteiger partial charge on any atom is -0.166 e. The van der Waals surface area contributed by atoms with E-state index >= 15 is 0 Å². The van der Waals surface area contributed by atoms with Gasteiger partial charge in [-0.1, -0.05) is 12.1 Å². The summed E-state index contributed by atoms with van der Waals surface area (Å²) in [5.41, 5.74) is 0.822. The monoisotopic (exact) mass is 304 g/mol. The number of benzene rings is 1. The molecule has 102 valence electrons. The van der Waals surface area contributed by atoms with Gasteiger partial charge in [0.1, 0.15) is 0 Å². The molecule has 0 aliphatic heterocycles. The molecule has 0 spiro atoms. The zero-order valence-electron chi connectivity index (χ0n) is 10.4. The summed E-state index contributed by atoms with van der Waals surface area (Å²) in [5, 5.41) is -0.541. The first kappa shape index (κ1) is 14.4. The van der Waals surface area contributed by atoms with E-state index in [-0.39, 0.29) is 0 Å². The van der Waals surface area contributed by atoms with Crippen LogP contribution in [0.15, 0.2) is 30.3 Å². The molecule has 0 fully saturated rings. The fraction of sp³-hybridized carbons (Fsp3) is 0.286. The highest BCUT2D eigenvalue weighted by atomic mass is 35.5. The molecule has 0 aliphatic rings. The Labute approximate surface area is 118 Å². The zero-order chi connectivity index (χ0) is 14.2. The first-order chi connectivity index (χ1) is 8.79. The lowest BCUT2D eigenvalue weighted by molar-refractivity contribution is -0.137. The van der Waals surface area contributed by atoms with Crippen LogP contribution in [0.1, 0.15) is 31.8 Å². The van der Waals surface area contributed by atoms with Crippen molar-refractivity contribution in [3.8, 4) is 0 Å². The van der Waals surface area contributed by atoms with Crippen LogP contribution in [-0.2, 0) is 6.18 Å². The molecule has 0 amide bonds. The van der Waals surface area contributed by atoms with E-state index in [1.165, 1.54) is 17.4 Å². The topological polar surface area (TPSA) is 0 Å². The maximum atomic E-state index is 12.7. The van der Waals surface area contributed by atoms with Gasteiger partial charge in [-0.05, 0) is 43.2 Å². The van der Waals surface area contributed by atoms with Crippen molar-refractivity contribution in [2.45, 2.75) is 25.4 Å². The zero-order valence-corrected chi connectivity index (χ0v) is 12.0. The molecule has 0 nitrogen and oxygen atoms in total. The van der Waals surface area contributed by atoms with E-state index in [0.717, 1.165) is 27.5 Å². The van der Waals surface area contributed by atoms with Crippen molar-refractivity contribution in [2.24, 2.45) is 0 Å². The molecule has 1 unspecified atom stereocenters. The number of aryl methyl sites for hydroxylation is 2. The van der Waals surface area contributed by atoms with Crippen LogP contribution >= 0.6 is 22.9 Å². The average Bonchev–Trinajstić information content (AvgIpc) is 2.66. The predicted molar refractivity (Wildman–Crippen MR) is 72.9 cm³/mol. The second-order valence-corrected chi connectivity index (χ2v) is 6.11. The van der Waals surface area contributed by atoms with E-state index in [0.29, 0.717) is 5.56 Å². The maximum Gasteiger partial charge on any atom is 0.416 e. The van der Waals surface area contributed by atoms with Crippen LogP contribution < -0.4 is 0 Å². The molecular weight excluding hydrogens is 293 g/mol. The van der Waals surface area contributed by atoms with Crippen molar-refractivity contribution in [3.05, 3.63) is 56.8 Å². The highest BCUT2D eigenvalue weighted by Crippen LogP contribution is 2.38. The van der Waals surface area contributed by atoms with Crippen LogP contribution in [-0.4, -0.2) is 0 Å². The van der Waals surface area contributed by atoms with Crippen LogP contribution in [0.2, 0.25) is 0 Å². The van der Waals surface area contributed by atoms with E-state index in [4.69, 9.17) is 11.6 Å². The Kier molecular flexibility index (Phi) is 3.92. The quantitative estimate of drug-likeness (QED) is 0.623. The second-order valence-electron chi connectivity index (χ2n) is 4.39. The van der Waals surface area contributed by atoms with E-state index in [9.17, 15) is 13.2 Å². The Hall–Kier alpha value is -1.00. The minimum atomic E-state index is -4.34. The number of hydrogen-bond donors (Lipinski definition) is 0. The SMILES string of the molecule is Cc1cc(C)c(C(Cl)c2cccc(C(F)(F)F)c2)s1. The van der Waals surface area contributed by atoms with Gasteiger partial charge in [0.05, 0.1) is 10.9 Å². The summed E-state index contributed by atoms with van der Waals surface area (Å²) in [6.07, 6.45) is -4.34. The van der Waals surface area contributed by atoms with Crippen molar-refractivity contribution in [3.63, 3.8) is 0 Å². The summed E-state index contributed by atoms with van der Waals surface area (Å²) >= 11 is 7.83. The third-order valence-electron chi connectivity index (χ3n) is 2.82. The standard InChI is InChI=1S/C14H12ClF3S/c1-8-6-9(2)19-13(8)12(15)10-4-3-5-11(7-10)14(16,17)18/h3-7,12H,1-2H3. The fourth-order valence-electron chi connectivity index (χ4n) is 1.94. The van der Waals surface area contributed by atoms with E-state index in [1.807, 2.05) is 19.9 Å². The summed E-state index contributed by atoms with van der Waals surface area (Å²) in [6, 6.07) is 7.18. The highest BCUT2D eigenvalue weighted by Gasteiger charge is 2.31. The minimum absolute atomic E-state index is 0.474. The van der Waals surface area contributed by atoms with Gasteiger partial charge in [0, 0.05) is 9.75 Å². The molecule has 0 saturated carbocycles. The Morgan fingerprint density at radius 2 is 1.84 bits per heavy atom. The Bertz CT molecular complexity index is 587. The number of halogens is 4. The number of rotatable bonds is 2. The molecule has 0 saturated heterocycles. The van der Waals surface area contributed by atoms with E-state index < -0.39 is 17.1 Å². The summed E-state index contributed by atoms with van der Waals surface area (Å²) in [4.78, 5) is 2.00. The molecule has 0 radical (unpaired) electrons. The van der Waals surface area contributed by atoms with Gasteiger partial charge >= 0.3 is 6.18 Å². The fourth-order valence-corrected chi connectivity index (χ4v) is 3.42. The van der Waals surface area contributed by atoms with Gasteiger partial charge in [0.2, 0.25) is 0 Å². The Morgan fingerprint density at radius 1 is 1.16 bits per heavy atom. The molecular formula is C14H12ClF3S. The lowest BCUT2D eigenvalue weighted by atomic mass is 10.0. The van der Waals surface area contributed by atoms with Crippen molar-refractivity contribution >= 4 is 22.9 Å². The number of hydrogen-bond acceptors (Lipinski definition) is 1. The number of alkyl halides is 4. The van der Waals surface area contributed by atoms with Crippen LogP contribution in [0, 0.1) is 13.8 Å². The average molecular weight is 305 g/mol. The smallest absolute Gasteiger partial charge is 0.166 e. The van der Waals surface area contributed by atoms with E-state index in [1.54, 1.807) is 6.07 Å². The van der Waals surface area contributed by atoms with Crippen LogP contribution in [0.4, 0.5) is 13.2 Å². The van der Waals surface area contributed by atoms with Gasteiger partial charge in [-0.2, -0.15) is 13.2 Å². The summed E-state index contributed by atoms with van der Waals surface area (Å²) < 4.78 is 38.0. The lowest BCUT2D eigenvalue weighted by Gasteiger charge is -2.12. The van der Waals surface area contributed by atoms with Crippen molar-refractivity contribution in [2.75, 3.05) is 0 Å². The molecule has 1 aromatic heterocycles. The van der Waals surface area contributed by atoms with Gasteiger partial charge in [-0.25, -0.2) is 0 Å². The molecule has 2 aromatic rings. The normalized spacial score (nSPS) is 13.6. The largest absolute Gasteiger partial charge is 0.416 e. The van der Waals surface area contributed by atoms with Gasteiger partial charge in [-0.15, -0.1) is 22.9 Å². The maximum absolute atomic E-state index is 12.7. The molecule has 1 aromatic carbocycles. The van der Waals surface area contributed by atoms with Crippen molar-refractivity contribution < 1.29 is 13.2 Å². The molecule has 19 heavy (non-hydrogen) atoms. The van der Waals surface area contributed by atoms with Crippen LogP contribution in [0.5, 0.6) is 0 Å². The predicted octanol–water partition coefficient (Wildman–Crippen LogP) is 5.71. The Balaban J connectivity index is 2.39.